The normalized spacial score (nSPS) is 23.9. The van der Waals surface area contributed by atoms with Gasteiger partial charge in [-0.2, -0.15) is 0 Å². The van der Waals surface area contributed by atoms with Crippen LogP contribution in [0.3, 0.4) is 0 Å². The van der Waals surface area contributed by atoms with Gasteiger partial charge in [-0.15, -0.1) is 11.3 Å². The fourth-order valence-corrected chi connectivity index (χ4v) is 8.40. The predicted octanol–water partition coefficient (Wildman–Crippen LogP) is 6.32. The Balaban J connectivity index is 1.63. The quantitative estimate of drug-likeness (QED) is 0.282. The van der Waals surface area contributed by atoms with E-state index in [1.165, 1.54) is 8.45 Å². The number of hydrogen-bond donors (Lipinski definition) is 0. The molecule has 0 N–H and O–H groups in total. The van der Waals surface area contributed by atoms with Gasteiger partial charge in [0.2, 0.25) is 5.91 Å². The Labute approximate surface area is 211 Å². The molecule has 0 saturated carbocycles. The highest BCUT2D eigenvalue weighted by atomic mass is 127. The molecule has 0 radical (unpaired) electrons. The molecule has 0 aliphatic carbocycles. The number of nitrogens with zero attached hydrogens (tertiary/aromatic N) is 3. The molecule has 2 aromatic rings. The van der Waals surface area contributed by atoms with E-state index in [1.807, 2.05) is 23.9 Å². The van der Waals surface area contributed by atoms with E-state index in [-0.39, 0.29) is 17.2 Å². The van der Waals surface area contributed by atoms with Crippen LogP contribution in [0.4, 0.5) is 0 Å². The first-order chi connectivity index (χ1) is 15.1. The van der Waals surface area contributed by atoms with Crippen LogP contribution in [0.15, 0.2) is 30.2 Å². The summed E-state index contributed by atoms with van der Waals surface area (Å²) in [6.45, 7) is 12.6. The van der Waals surface area contributed by atoms with Crippen molar-refractivity contribution in [2.75, 3.05) is 6.54 Å². The number of imidazole rings is 1. The summed E-state index contributed by atoms with van der Waals surface area (Å²) in [7, 11) is -1.95. The minimum Gasteiger partial charge on any atom is -0.414 e. The topological polar surface area (TPSA) is 47.4 Å². The predicted molar refractivity (Wildman–Crippen MR) is 142 cm³/mol. The summed E-state index contributed by atoms with van der Waals surface area (Å²) in [5, 5.41) is 2.35. The molecule has 4 rings (SSSR count). The van der Waals surface area contributed by atoms with Gasteiger partial charge in [-0.05, 0) is 83.8 Å². The maximum atomic E-state index is 12.3. The third-order valence-corrected chi connectivity index (χ3v) is 14.7. The van der Waals surface area contributed by atoms with Crippen molar-refractivity contribution in [3.8, 4) is 0 Å². The van der Waals surface area contributed by atoms with Gasteiger partial charge >= 0.3 is 0 Å². The average molecular weight is 586 g/mol. The molecule has 2 fully saturated rings. The van der Waals surface area contributed by atoms with Crippen LogP contribution in [-0.2, 0) is 9.22 Å². The number of aromatic nitrogens is 2. The summed E-state index contributed by atoms with van der Waals surface area (Å²) in [6, 6.07) is 2.83. The number of amides is 1. The monoisotopic (exact) mass is 585 g/mol. The van der Waals surface area contributed by atoms with Crippen molar-refractivity contribution >= 4 is 48.2 Å². The molecular formula is C24H36IN3O2SSi. The number of carbonyl (C=O) groups is 1. The fraction of sp³-hybridized carbons (Fsp3) is 0.667. The van der Waals surface area contributed by atoms with Crippen molar-refractivity contribution in [1.82, 2.24) is 14.5 Å². The summed E-state index contributed by atoms with van der Waals surface area (Å²) in [5.74, 6) is 0.833. The van der Waals surface area contributed by atoms with Crippen LogP contribution in [0.1, 0.15) is 63.8 Å². The molecule has 0 aromatic carbocycles. The largest absolute Gasteiger partial charge is 0.414 e. The first kappa shape index (κ1) is 24.4. The Bertz CT molecular complexity index is 924. The molecule has 0 bridgehead atoms. The lowest BCUT2D eigenvalue weighted by Gasteiger charge is -2.45. The molecule has 2 saturated heterocycles. The lowest BCUT2D eigenvalue weighted by molar-refractivity contribution is -0.130. The summed E-state index contributed by atoms with van der Waals surface area (Å²) in [5.41, 5.74) is 0. The van der Waals surface area contributed by atoms with E-state index in [1.54, 1.807) is 0 Å². The maximum absolute atomic E-state index is 12.3. The van der Waals surface area contributed by atoms with E-state index in [0.717, 1.165) is 38.6 Å². The number of hydrogen-bond acceptors (Lipinski definition) is 4. The van der Waals surface area contributed by atoms with E-state index < -0.39 is 8.32 Å². The molecule has 1 amide bonds. The molecule has 176 valence electrons. The third-order valence-electron chi connectivity index (χ3n) is 7.83. The molecule has 5 nitrogen and oxygen atoms in total. The Kier molecular flexibility index (Phi) is 7.25. The van der Waals surface area contributed by atoms with Crippen molar-refractivity contribution in [3.63, 3.8) is 0 Å². The number of thiophene rings is 1. The molecule has 8 heteroatoms. The SMILES string of the molecule is CC(C)(C)[Si](C)(C)OC(CC(c1sccc1I)n1ccnc1)[C@H]1CCN2C(=O)CC[C@H]2C1. The van der Waals surface area contributed by atoms with Gasteiger partial charge in [0.25, 0.3) is 0 Å². The van der Waals surface area contributed by atoms with E-state index in [0.29, 0.717) is 17.9 Å². The molecule has 0 spiro atoms. The highest BCUT2D eigenvalue weighted by molar-refractivity contribution is 14.1. The second kappa shape index (κ2) is 9.50. The molecular weight excluding hydrogens is 549 g/mol. The van der Waals surface area contributed by atoms with Gasteiger partial charge in [-0.3, -0.25) is 4.79 Å². The lowest BCUT2D eigenvalue weighted by atomic mass is 9.84. The minimum absolute atomic E-state index is 0.164. The Morgan fingerprint density at radius 2 is 2.12 bits per heavy atom. The van der Waals surface area contributed by atoms with Crippen molar-refractivity contribution in [1.29, 1.82) is 0 Å². The van der Waals surface area contributed by atoms with Gasteiger partial charge in [0.1, 0.15) is 0 Å². The minimum atomic E-state index is -1.95. The van der Waals surface area contributed by atoms with Crippen LogP contribution >= 0.6 is 33.9 Å². The van der Waals surface area contributed by atoms with Crippen LogP contribution in [0.2, 0.25) is 18.1 Å². The molecule has 2 aliphatic rings. The van der Waals surface area contributed by atoms with Crippen molar-refractivity contribution in [3.05, 3.63) is 38.6 Å². The zero-order chi connectivity index (χ0) is 23.1. The van der Waals surface area contributed by atoms with E-state index in [4.69, 9.17) is 4.43 Å². The number of piperidine rings is 1. The highest BCUT2D eigenvalue weighted by Crippen LogP contribution is 2.43. The molecule has 2 aliphatic heterocycles. The van der Waals surface area contributed by atoms with Crippen LogP contribution in [0.25, 0.3) is 0 Å². The fourth-order valence-electron chi connectivity index (χ4n) is 4.93. The molecule has 4 atom stereocenters. The van der Waals surface area contributed by atoms with E-state index in [9.17, 15) is 4.79 Å². The zero-order valence-electron chi connectivity index (χ0n) is 19.9. The number of rotatable bonds is 7. The van der Waals surface area contributed by atoms with Crippen molar-refractivity contribution in [2.45, 2.75) is 89.2 Å². The van der Waals surface area contributed by atoms with E-state index >= 15 is 0 Å². The molecule has 4 heterocycles. The molecule has 2 aromatic heterocycles. The van der Waals surface area contributed by atoms with Crippen molar-refractivity contribution < 1.29 is 9.22 Å². The van der Waals surface area contributed by atoms with Crippen LogP contribution in [-0.4, -0.2) is 47.4 Å². The Morgan fingerprint density at radius 3 is 2.75 bits per heavy atom. The third kappa shape index (κ3) is 5.03. The van der Waals surface area contributed by atoms with Gasteiger partial charge in [-0.25, -0.2) is 4.98 Å². The van der Waals surface area contributed by atoms with Gasteiger partial charge in [0.05, 0.1) is 18.5 Å². The lowest BCUT2D eigenvalue weighted by Crippen LogP contribution is -2.49. The summed E-state index contributed by atoms with van der Waals surface area (Å²) >= 11 is 4.29. The van der Waals surface area contributed by atoms with Gasteiger partial charge < -0.3 is 13.9 Å². The molecule has 2 unspecified atom stereocenters. The smallest absolute Gasteiger partial charge is 0.222 e. The number of fused-ring (bicyclic) bond motifs is 1. The summed E-state index contributed by atoms with van der Waals surface area (Å²) in [4.78, 5) is 20.1. The first-order valence-electron chi connectivity index (χ1n) is 11.7. The van der Waals surface area contributed by atoms with Gasteiger partial charge in [0, 0.05) is 39.8 Å². The van der Waals surface area contributed by atoms with E-state index in [2.05, 4.69) is 88.6 Å². The van der Waals surface area contributed by atoms with Crippen molar-refractivity contribution in [2.24, 2.45) is 5.92 Å². The number of carbonyl (C=O) groups excluding carboxylic acids is 1. The summed E-state index contributed by atoms with van der Waals surface area (Å²) in [6.07, 6.45) is 10.9. The van der Waals surface area contributed by atoms with Crippen LogP contribution in [0.5, 0.6) is 0 Å². The van der Waals surface area contributed by atoms with Gasteiger partial charge in [0.15, 0.2) is 8.32 Å². The second-order valence-electron chi connectivity index (χ2n) is 10.9. The first-order valence-corrected chi connectivity index (χ1v) is 16.6. The maximum Gasteiger partial charge on any atom is 0.222 e. The highest BCUT2D eigenvalue weighted by Gasteiger charge is 2.44. The average Bonchev–Trinajstić information content (AvgIpc) is 3.46. The Morgan fingerprint density at radius 1 is 1.34 bits per heavy atom. The summed E-state index contributed by atoms with van der Waals surface area (Å²) < 4.78 is 10.8. The van der Waals surface area contributed by atoms with Crippen LogP contribution in [0, 0.1) is 9.49 Å². The van der Waals surface area contributed by atoms with Gasteiger partial charge in [-0.1, -0.05) is 20.8 Å². The second-order valence-corrected chi connectivity index (χ2v) is 17.7. The van der Waals surface area contributed by atoms with Crippen LogP contribution < -0.4 is 0 Å². The molecule has 32 heavy (non-hydrogen) atoms. The standard InChI is InChI=1S/C24H36IN3O2SSi/c1-24(2,3)32(4,5)30-21(17-8-11-28-18(14-17)6-7-22(28)29)15-20(27-12-10-26-16-27)23-19(25)9-13-31-23/h9-10,12-13,16-18,20-21H,6-8,11,14-15H2,1-5H3/t17-,18-,20?,21?/m0/s1. The zero-order valence-corrected chi connectivity index (χ0v) is 23.9. The number of halogens is 1. The Hall–Kier alpha value is -0.713.